The number of rotatable bonds is 11. The van der Waals surface area contributed by atoms with Gasteiger partial charge >= 0.3 is 18.2 Å². The summed E-state index contributed by atoms with van der Waals surface area (Å²) in [4.78, 5) is 130. The monoisotopic (exact) mass is 1420 g/mol. The smallest absolute Gasteiger partial charge is 0.408 e. The van der Waals surface area contributed by atoms with Gasteiger partial charge in [0.25, 0.3) is 16.3 Å². The minimum absolute atomic E-state index is 0.0851. The summed E-state index contributed by atoms with van der Waals surface area (Å²) in [6.07, 6.45) is 13.3. The average Bonchev–Trinajstić information content (AvgIpc) is 1.63. The Morgan fingerprint density at radius 1 is 0.594 bits per heavy atom. The highest BCUT2D eigenvalue weighted by Gasteiger charge is 2.63. The lowest BCUT2D eigenvalue weighted by Crippen LogP contribution is -2.58. The number of hydrogen-bond acceptors (Lipinski definition) is 19. The van der Waals surface area contributed by atoms with Crippen LogP contribution in [-0.4, -0.2) is 144 Å². The molecule has 12 rings (SSSR count). The third-order valence-corrected chi connectivity index (χ3v) is 19.9. The molecule has 0 bridgehead atoms. The second-order valence-electron chi connectivity index (χ2n) is 28.5. The maximum absolute atomic E-state index is 14.3. The van der Waals surface area contributed by atoms with Crippen LogP contribution >= 0.6 is 22.7 Å². The highest BCUT2D eigenvalue weighted by atomic mass is 32.1. The number of nitrogens with two attached hydrogens (primary N) is 1. The van der Waals surface area contributed by atoms with Crippen molar-refractivity contribution >= 4 is 90.8 Å². The number of benzene rings is 4. The van der Waals surface area contributed by atoms with E-state index < -0.39 is 106 Å². The number of amides is 7. The van der Waals surface area contributed by atoms with E-state index in [0.717, 1.165) is 70.1 Å². The van der Waals surface area contributed by atoms with Gasteiger partial charge in [0, 0.05) is 24.7 Å². The van der Waals surface area contributed by atoms with Gasteiger partial charge in [-0.25, -0.2) is 24.4 Å². The number of para-hydroxylation sites is 2. The summed E-state index contributed by atoms with van der Waals surface area (Å²) in [6.45, 7) is 14.7. The van der Waals surface area contributed by atoms with E-state index in [9.17, 15) is 43.5 Å². The summed E-state index contributed by atoms with van der Waals surface area (Å²) in [5.41, 5.74) is 2.16. The number of ether oxygens (including phenoxy) is 4. The van der Waals surface area contributed by atoms with Gasteiger partial charge < -0.3 is 64.8 Å². The topological polar surface area (TPSA) is 331 Å². The van der Waals surface area contributed by atoms with Crippen molar-refractivity contribution in [2.75, 3.05) is 13.1 Å². The van der Waals surface area contributed by atoms with Gasteiger partial charge in [0.15, 0.2) is 5.75 Å². The lowest BCUT2D eigenvalue weighted by molar-refractivity contribution is -0.145. The van der Waals surface area contributed by atoms with Crippen LogP contribution in [0.2, 0.25) is 0 Å². The van der Waals surface area contributed by atoms with Crippen LogP contribution in [0.5, 0.6) is 21.9 Å². The molecule has 25 nitrogen and oxygen atoms in total. The number of aromatic nitrogens is 2. The third-order valence-electron chi connectivity index (χ3n) is 18.1. The van der Waals surface area contributed by atoms with Gasteiger partial charge in [-0.1, -0.05) is 121 Å². The van der Waals surface area contributed by atoms with Gasteiger partial charge in [-0.3, -0.25) is 24.0 Å². The molecule has 0 unspecified atom stereocenters. The van der Waals surface area contributed by atoms with Crippen LogP contribution in [0.1, 0.15) is 143 Å². The largest absolute Gasteiger partial charge is 0.479 e. The standard InChI is InChI=1S/C37H45N5O7S.C31H40N4O7S.C6H7NO/c1-23-17-18-27-30(19-23)50-35(39-27)47-26-20-29-31(43)40-37(33(45)41-49-25-14-10-8-11-15-25)21-24(37)13-9-6-5-7-12-16-28(32(44)42(29)22-26)38-34(46)48-36(2,3)4;1-18-12-13-21-24(14-18)43-29(33-21)41-20-15-23-25(36)34-31(27(38)39)16-19(31)10-8-6-5-7-9-11-22(26(37)35(23)17-20)32-28(40)42-30(2,3)4;7-8-6-4-2-1-3-5-6/h8-11,13-15,17-19,24,26,28-29H,5-7,12,16,20-22H2,1-4H3,(H,38,46)(H,40,43)(H,41,45);8,10,12-14,19-20,22-23H,5-7,9,11,15-17H2,1-4H3,(H,32,40)(H,34,36)(H,38,39);1-5H,7H2/b13-9-;10-8-;/t24-,26-,28+,29+,37-;19-,20-,22+,23+,31-;/m11./s1. The number of aliphatic carboxylic acids is 1. The molecule has 8 N–H and O–H groups in total. The van der Waals surface area contributed by atoms with Gasteiger partial charge in [-0.15, -0.1) is 0 Å². The molecule has 6 heterocycles. The normalized spacial score (nSPS) is 26.1. The van der Waals surface area contributed by atoms with E-state index in [2.05, 4.69) is 41.6 Å². The van der Waals surface area contributed by atoms with Crippen molar-refractivity contribution in [2.24, 2.45) is 17.7 Å². The Labute approximate surface area is 595 Å². The molecule has 4 aromatic carbocycles. The molecule has 27 heteroatoms. The first-order valence-corrected chi connectivity index (χ1v) is 36.1. The average molecular weight is 1430 g/mol. The number of alkyl carbamates (subject to hydrolysis) is 2. The van der Waals surface area contributed by atoms with Crippen molar-refractivity contribution in [3.05, 3.63) is 132 Å². The minimum atomic E-state index is -1.40. The fourth-order valence-corrected chi connectivity index (χ4v) is 14.8. The zero-order valence-corrected chi connectivity index (χ0v) is 60.0. The van der Waals surface area contributed by atoms with Crippen molar-refractivity contribution in [2.45, 2.75) is 204 Å². The molecule has 7 amide bonds. The van der Waals surface area contributed by atoms with Crippen LogP contribution in [0.4, 0.5) is 9.59 Å². The number of fused-ring (bicyclic) bond motifs is 6. The number of carboxylic acids is 1. The summed E-state index contributed by atoms with van der Waals surface area (Å²) in [5.74, 6) is 1.97. The fraction of sp³-hybridized carbons (Fsp3) is 0.486. The number of carboxylic acid groups (broad SMARTS) is 1. The van der Waals surface area contributed by atoms with E-state index in [0.29, 0.717) is 60.4 Å². The molecular formula is C74H92N10O15S2. The lowest BCUT2D eigenvalue weighted by Gasteiger charge is -2.30. The SMILES string of the molecule is Cc1ccc2nc(O[C@@H]3C[C@H]4C(=O)N[C@]5(C(=O)NOc6ccccc6)C[C@H]5/C=C\CCCCC[C@H](NC(=O)OC(C)(C)C)C(=O)N4C3)sc2c1.Cc1ccc2nc(O[C@@H]3C[C@H]4C(=O)N[C@]5(C(=O)O)C[C@H]5/C=C\CCCCC[C@H](NC(=O)OC(C)(C)C)C(=O)N4C3)sc2c1.NOc1ccccc1. The predicted octanol–water partition coefficient (Wildman–Crippen LogP) is 10.6. The Morgan fingerprint density at radius 2 is 1.03 bits per heavy atom. The van der Waals surface area contributed by atoms with Crippen molar-refractivity contribution in [1.29, 1.82) is 0 Å². The van der Waals surface area contributed by atoms with E-state index in [1.807, 2.05) is 98.8 Å². The van der Waals surface area contributed by atoms with Crippen LogP contribution in [0.3, 0.4) is 0 Å². The molecule has 6 aliphatic rings. The first-order valence-electron chi connectivity index (χ1n) is 34.5. The molecule has 101 heavy (non-hydrogen) atoms. The van der Waals surface area contributed by atoms with E-state index in [-0.39, 0.29) is 37.8 Å². The number of carbonyl (C=O) groups excluding carboxylic acids is 7. The number of hydroxylamine groups is 1. The number of carbonyl (C=O) groups is 8. The van der Waals surface area contributed by atoms with E-state index in [1.54, 1.807) is 77.9 Å². The summed E-state index contributed by atoms with van der Waals surface area (Å²) in [7, 11) is 0. The van der Waals surface area contributed by atoms with Gasteiger partial charge in [0.2, 0.25) is 23.6 Å². The summed E-state index contributed by atoms with van der Waals surface area (Å²) < 4.78 is 25.4. The molecule has 6 aromatic rings. The number of nitrogens with zero attached hydrogens (tertiary/aromatic N) is 4. The molecule has 2 saturated heterocycles. The molecular weight excluding hydrogens is 1330 g/mol. The molecule has 540 valence electrons. The van der Waals surface area contributed by atoms with Crippen molar-refractivity contribution in [3.8, 4) is 21.9 Å². The van der Waals surface area contributed by atoms with Crippen LogP contribution in [-0.2, 0) is 38.2 Å². The number of hydrogen-bond donors (Lipinski definition) is 7. The van der Waals surface area contributed by atoms with Crippen LogP contribution < -0.4 is 51.8 Å². The Kier molecular flexibility index (Phi) is 24.0. The molecule has 2 aromatic heterocycles. The van der Waals surface area contributed by atoms with Crippen molar-refractivity contribution < 1.29 is 72.1 Å². The molecule has 2 aliphatic carbocycles. The summed E-state index contributed by atoms with van der Waals surface area (Å²) in [5, 5.41) is 22.2. The molecule has 0 spiro atoms. The molecule has 4 aliphatic heterocycles. The zero-order valence-electron chi connectivity index (χ0n) is 58.3. The van der Waals surface area contributed by atoms with Crippen molar-refractivity contribution in [3.63, 3.8) is 0 Å². The second-order valence-corrected chi connectivity index (χ2v) is 30.5. The van der Waals surface area contributed by atoms with Crippen LogP contribution in [0.15, 0.2) is 121 Å². The van der Waals surface area contributed by atoms with E-state index >= 15 is 0 Å². The number of nitrogens with one attached hydrogen (secondary N) is 5. The Morgan fingerprint density at radius 3 is 1.47 bits per heavy atom. The Bertz CT molecular complexity index is 4010. The molecule has 2 saturated carbocycles. The first-order chi connectivity index (χ1) is 48.2. The number of aryl methyl sites for hydroxylation is 2. The molecule has 0 radical (unpaired) electrons. The van der Waals surface area contributed by atoms with Gasteiger partial charge in [-0.05, 0) is 166 Å². The van der Waals surface area contributed by atoms with Gasteiger partial charge in [0.05, 0.1) is 33.5 Å². The third kappa shape index (κ3) is 19.8. The molecule has 10 atom stereocenters. The zero-order chi connectivity index (χ0) is 72.2. The predicted molar refractivity (Wildman–Crippen MR) is 381 cm³/mol. The van der Waals surface area contributed by atoms with Crippen LogP contribution in [0.25, 0.3) is 20.4 Å². The van der Waals surface area contributed by atoms with Crippen LogP contribution in [0, 0.1) is 25.7 Å². The molecule has 4 fully saturated rings. The number of thiazole rings is 2. The van der Waals surface area contributed by atoms with Gasteiger partial charge in [0.1, 0.15) is 64.4 Å². The lowest BCUT2D eigenvalue weighted by atomic mass is 10.0. The second kappa shape index (κ2) is 32.5. The van der Waals surface area contributed by atoms with E-state index in [4.69, 9.17) is 29.7 Å². The highest BCUT2D eigenvalue weighted by Crippen LogP contribution is 2.47. The van der Waals surface area contributed by atoms with Crippen molar-refractivity contribution in [1.82, 2.24) is 46.5 Å². The fourth-order valence-electron chi connectivity index (χ4n) is 12.8. The summed E-state index contributed by atoms with van der Waals surface area (Å²) in [6, 6.07) is 26.1. The maximum Gasteiger partial charge on any atom is 0.408 e. The highest BCUT2D eigenvalue weighted by molar-refractivity contribution is 7.20. The quantitative estimate of drug-likeness (QED) is 0.0468. The maximum atomic E-state index is 14.3. The summed E-state index contributed by atoms with van der Waals surface area (Å²) >= 11 is 2.79. The Balaban J connectivity index is 0.000000197. The van der Waals surface area contributed by atoms with Gasteiger partial charge in [-0.2, -0.15) is 11.4 Å². The number of allylic oxidation sites excluding steroid dienone is 2. The Hall–Kier alpha value is -9.34. The minimum Gasteiger partial charge on any atom is -0.479 e. The van der Waals surface area contributed by atoms with E-state index in [1.165, 1.54) is 32.5 Å². The first kappa shape index (κ1) is 74.4.